The molecule has 0 aromatic heterocycles. The van der Waals surface area contributed by atoms with Crippen molar-refractivity contribution in [1.82, 2.24) is 5.32 Å². The van der Waals surface area contributed by atoms with Gasteiger partial charge >= 0.3 is 0 Å². The molecule has 76 valence electrons. The van der Waals surface area contributed by atoms with Crippen LogP contribution >= 0.6 is 11.8 Å². The summed E-state index contributed by atoms with van der Waals surface area (Å²) in [5.41, 5.74) is 0.688. The Morgan fingerprint density at radius 2 is 2.23 bits per heavy atom. The molecule has 13 heavy (non-hydrogen) atoms. The molecule has 1 aliphatic heterocycles. The molecular formula is C11H21NS. The largest absolute Gasteiger partial charge is 0.313 e. The Hall–Kier alpha value is 0.310. The summed E-state index contributed by atoms with van der Waals surface area (Å²) in [5, 5.41) is 3.74. The van der Waals surface area contributed by atoms with Gasteiger partial charge in [-0.1, -0.05) is 13.8 Å². The molecule has 0 spiro atoms. The Labute approximate surface area is 86.0 Å². The Kier molecular flexibility index (Phi) is 2.89. The minimum atomic E-state index is 0.688. The van der Waals surface area contributed by atoms with Gasteiger partial charge in [-0.25, -0.2) is 0 Å². The first-order valence-corrected chi connectivity index (χ1v) is 6.69. The second-order valence-corrected chi connectivity index (χ2v) is 6.11. The predicted molar refractivity (Wildman–Crippen MR) is 60.2 cm³/mol. The zero-order chi connectivity index (χ0) is 9.31. The fourth-order valence-corrected chi connectivity index (χ4v) is 3.35. The summed E-state index contributed by atoms with van der Waals surface area (Å²) < 4.78 is 0. The lowest BCUT2D eigenvalue weighted by atomic mass is 9.92. The van der Waals surface area contributed by atoms with E-state index in [1.54, 1.807) is 0 Å². The third kappa shape index (κ3) is 2.21. The van der Waals surface area contributed by atoms with E-state index in [0.717, 1.165) is 12.0 Å². The van der Waals surface area contributed by atoms with E-state index >= 15 is 0 Å². The molecule has 2 heteroatoms. The molecule has 0 aromatic rings. The Morgan fingerprint density at radius 1 is 1.46 bits per heavy atom. The van der Waals surface area contributed by atoms with Gasteiger partial charge < -0.3 is 5.32 Å². The fourth-order valence-electron chi connectivity index (χ4n) is 2.16. The summed E-state index contributed by atoms with van der Waals surface area (Å²) in [6.07, 6.45) is 4.30. The van der Waals surface area contributed by atoms with Crippen LogP contribution < -0.4 is 5.32 Å². The van der Waals surface area contributed by atoms with E-state index < -0.39 is 0 Å². The van der Waals surface area contributed by atoms with Gasteiger partial charge in [-0.2, -0.15) is 11.8 Å². The fraction of sp³-hybridized carbons (Fsp3) is 1.00. The molecular weight excluding hydrogens is 178 g/mol. The van der Waals surface area contributed by atoms with E-state index in [1.807, 2.05) is 0 Å². The monoisotopic (exact) mass is 199 g/mol. The Balaban J connectivity index is 1.72. The molecule has 1 unspecified atom stereocenters. The maximum atomic E-state index is 3.74. The third-order valence-corrected chi connectivity index (χ3v) is 4.95. The van der Waals surface area contributed by atoms with Crippen LogP contribution in [0.5, 0.6) is 0 Å². The lowest BCUT2D eigenvalue weighted by molar-refractivity contribution is 0.325. The average Bonchev–Trinajstić information content (AvgIpc) is 2.73. The summed E-state index contributed by atoms with van der Waals surface area (Å²) in [6.45, 7) is 6.02. The zero-order valence-electron chi connectivity index (χ0n) is 8.81. The molecule has 1 aliphatic carbocycles. The number of nitrogens with one attached hydrogen (secondary N) is 1. The zero-order valence-corrected chi connectivity index (χ0v) is 9.62. The average molecular weight is 199 g/mol. The number of rotatable bonds is 4. The third-order valence-electron chi connectivity index (χ3n) is 3.79. The van der Waals surface area contributed by atoms with Crippen molar-refractivity contribution in [3.05, 3.63) is 0 Å². The van der Waals surface area contributed by atoms with E-state index in [-0.39, 0.29) is 0 Å². The topological polar surface area (TPSA) is 12.0 Å². The van der Waals surface area contributed by atoms with Crippen molar-refractivity contribution in [3.8, 4) is 0 Å². The van der Waals surface area contributed by atoms with Gasteiger partial charge in [0.05, 0.1) is 0 Å². The molecule has 0 aromatic carbocycles. The van der Waals surface area contributed by atoms with Crippen LogP contribution in [0.3, 0.4) is 0 Å². The number of hydrogen-bond donors (Lipinski definition) is 1. The van der Waals surface area contributed by atoms with Gasteiger partial charge in [0.15, 0.2) is 0 Å². The minimum Gasteiger partial charge on any atom is -0.313 e. The molecule has 0 radical (unpaired) electrons. The van der Waals surface area contributed by atoms with Crippen LogP contribution in [0, 0.1) is 11.3 Å². The number of thioether (sulfide) groups is 1. The normalized spacial score (nSPS) is 31.2. The molecule has 0 bridgehead atoms. The van der Waals surface area contributed by atoms with Crippen LogP contribution in [0.4, 0.5) is 0 Å². The molecule has 2 aliphatic rings. The smallest absolute Gasteiger partial charge is 0.0166 e. The lowest BCUT2D eigenvalue weighted by Gasteiger charge is -2.22. The molecule has 1 N–H and O–H groups in total. The van der Waals surface area contributed by atoms with Crippen molar-refractivity contribution in [2.24, 2.45) is 11.3 Å². The van der Waals surface area contributed by atoms with E-state index in [2.05, 4.69) is 30.9 Å². The van der Waals surface area contributed by atoms with Gasteiger partial charge in [-0.3, -0.25) is 0 Å². The highest BCUT2D eigenvalue weighted by molar-refractivity contribution is 7.99. The second-order valence-electron chi connectivity index (χ2n) is 4.96. The van der Waals surface area contributed by atoms with Crippen LogP contribution in [0.2, 0.25) is 0 Å². The van der Waals surface area contributed by atoms with Gasteiger partial charge in [0.1, 0.15) is 0 Å². The summed E-state index contributed by atoms with van der Waals surface area (Å²) in [6, 6.07) is 0.821. The quantitative estimate of drug-likeness (QED) is 0.746. The van der Waals surface area contributed by atoms with Gasteiger partial charge in [0, 0.05) is 18.3 Å². The first kappa shape index (κ1) is 9.85. The van der Waals surface area contributed by atoms with Crippen molar-refractivity contribution in [3.63, 3.8) is 0 Å². The van der Waals surface area contributed by atoms with Gasteiger partial charge in [-0.15, -0.1) is 0 Å². The summed E-state index contributed by atoms with van der Waals surface area (Å²) in [4.78, 5) is 0. The van der Waals surface area contributed by atoms with Gasteiger partial charge in [-0.05, 0) is 36.3 Å². The second kappa shape index (κ2) is 3.82. The minimum absolute atomic E-state index is 0.688. The molecule has 1 heterocycles. The van der Waals surface area contributed by atoms with Gasteiger partial charge in [0.25, 0.3) is 0 Å². The van der Waals surface area contributed by atoms with Crippen molar-refractivity contribution in [1.29, 1.82) is 0 Å². The number of hydrogen-bond acceptors (Lipinski definition) is 2. The molecule has 1 saturated carbocycles. The first-order chi connectivity index (χ1) is 6.23. The molecule has 2 rings (SSSR count). The molecule has 2 fully saturated rings. The summed E-state index contributed by atoms with van der Waals surface area (Å²) >= 11 is 2.10. The van der Waals surface area contributed by atoms with E-state index in [9.17, 15) is 0 Å². The molecule has 1 atom stereocenters. The van der Waals surface area contributed by atoms with Crippen LogP contribution in [0.1, 0.15) is 33.1 Å². The highest BCUT2D eigenvalue weighted by Crippen LogP contribution is 2.51. The van der Waals surface area contributed by atoms with Crippen molar-refractivity contribution < 1.29 is 0 Å². The van der Waals surface area contributed by atoms with Crippen LogP contribution in [0.25, 0.3) is 0 Å². The van der Waals surface area contributed by atoms with E-state index in [0.29, 0.717) is 5.41 Å². The standard InChI is InChI=1S/C11H21NS/c1-9(2)11(4-5-11)8-12-10-3-6-13-7-10/h9-10,12H,3-8H2,1-2H3. The summed E-state index contributed by atoms with van der Waals surface area (Å²) in [5.74, 6) is 3.58. The maximum absolute atomic E-state index is 3.74. The lowest BCUT2D eigenvalue weighted by Crippen LogP contribution is -2.35. The molecule has 1 nitrogen and oxygen atoms in total. The van der Waals surface area contributed by atoms with E-state index in [1.165, 1.54) is 37.3 Å². The van der Waals surface area contributed by atoms with Crippen molar-refractivity contribution in [2.75, 3.05) is 18.1 Å². The predicted octanol–water partition coefficient (Wildman–Crippen LogP) is 2.52. The molecule has 0 amide bonds. The van der Waals surface area contributed by atoms with Crippen molar-refractivity contribution in [2.45, 2.75) is 39.2 Å². The van der Waals surface area contributed by atoms with Crippen LogP contribution in [-0.2, 0) is 0 Å². The maximum Gasteiger partial charge on any atom is 0.0166 e. The van der Waals surface area contributed by atoms with Crippen LogP contribution in [0.15, 0.2) is 0 Å². The highest BCUT2D eigenvalue weighted by Gasteiger charge is 2.45. The molecule has 1 saturated heterocycles. The first-order valence-electron chi connectivity index (χ1n) is 5.54. The SMILES string of the molecule is CC(C)C1(CNC2CCSC2)CC1. The van der Waals surface area contributed by atoms with Crippen molar-refractivity contribution >= 4 is 11.8 Å². The Morgan fingerprint density at radius 3 is 2.69 bits per heavy atom. The summed E-state index contributed by atoms with van der Waals surface area (Å²) in [7, 11) is 0. The highest BCUT2D eigenvalue weighted by atomic mass is 32.2. The van der Waals surface area contributed by atoms with E-state index in [4.69, 9.17) is 0 Å². The van der Waals surface area contributed by atoms with Crippen LogP contribution in [-0.4, -0.2) is 24.1 Å². The Bertz CT molecular complexity index is 169. The van der Waals surface area contributed by atoms with Gasteiger partial charge in [0.2, 0.25) is 0 Å².